The molecule has 104 valence electrons. The number of nitrogens with zero attached hydrogens (tertiary/aromatic N) is 1. The average molecular weight is 356 g/mol. The normalized spacial score (nSPS) is 10.2. The minimum absolute atomic E-state index is 0.261. The molecule has 0 spiro atoms. The summed E-state index contributed by atoms with van der Waals surface area (Å²) in [5, 5.41) is 3.00. The molecule has 1 heterocycles. The highest BCUT2D eigenvalue weighted by Crippen LogP contribution is 2.26. The molecule has 0 unspecified atom stereocenters. The second kappa shape index (κ2) is 6.24. The molecule has 1 aromatic carbocycles. The number of ether oxygens (including phenoxy) is 1. The third kappa shape index (κ3) is 3.29. The van der Waals surface area contributed by atoms with E-state index in [4.69, 9.17) is 16.3 Å². The number of carbonyl (C=O) groups is 1. The number of pyridine rings is 1. The van der Waals surface area contributed by atoms with Crippen molar-refractivity contribution in [3.8, 4) is 5.75 Å². The van der Waals surface area contributed by atoms with Crippen molar-refractivity contribution in [2.75, 3.05) is 12.4 Å². The molecule has 2 rings (SSSR count). The Hall–Kier alpha value is -1.59. The van der Waals surface area contributed by atoms with Crippen LogP contribution in [-0.2, 0) is 0 Å². The van der Waals surface area contributed by atoms with Crippen LogP contribution in [0, 0.1) is 6.92 Å². The lowest BCUT2D eigenvalue weighted by Crippen LogP contribution is -2.12. The van der Waals surface area contributed by atoms with Crippen molar-refractivity contribution in [2.24, 2.45) is 0 Å². The molecule has 0 saturated carbocycles. The Kier molecular flexibility index (Phi) is 4.62. The van der Waals surface area contributed by atoms with Crippen LogP contribution in [0.25, 0.3) is 0 Å². The molecule has 4 nitrogen and oxygen atoms in total. The second-order valence-corrected chi connectivity index (χ2v) is 5.37. The van der Waals surface area contributed by atoms with E-state index in [0.29, 0.717) is 21.5 Å². The third-order valence-corrected chi connectivity index (χ3v) is 3.56. The number of methoxy groups -OCH3 is 1. The first kappa shape index (κ1) is 14.8. The lowest BCUT2D eigenvalue weighted by atomic mass is 10.2. The smallest absolute Gasteiger partial charge is 0.255 e. The Bertz CT molecular complexity index is 662. The molecular weight excluding hydrogens is 344 g/mol. The predicted octanol–water partition coefficient (Wildman–Crippen LogP) is 4.07. The zero-order valence-corrected chi connectivity index (χ0v) is 13.2. The number of halogens is 2. The van der Waals surface area contributed by atoms with E-state index < -0.39 is 0 Å². The zero-order valence-electron chi connectivity index (χ0n) is 10.9. The highest BCUT2D eigenvalue weighted by atomic mass is 79.9. The summed E-state index contributed by atoms with van der Waals surface area (Å²) in [5.41, 5.74) is 1.90. The lowest BCUT2D eigenvalue weighted by molar-refractivity contribution is 0.102. The van der Waals surface area contributed by atoms with Crippen LogP contribution >= 0.6 is 27.5 Å². The van der Waals surface area contributed by atoms with E-state index in [1.165, 1.54) is 0 Å². The first-order valence-electron chi connectivity index (χ1n) is 5.78. The van der Waals surface area contributed by atoms with Crippen LogP contribution in [0.5, 0.6) is 5.75 Å². The quantitative estimate of drug-likeness (QED) is 0.845. The van der Waals surface area contributed by atoms with Gasteiger partial charge >= 0.3 is 0 Å². The lowest BCUT2D eigenvalue weighted by Gasteiger charge is -2.09. The Morgan fingerprint density at radius 1 is 1.40 bits per heavy atom. The fourth-order valence-electron chi connectivity index (χ4n) is 1.64. The Labute approximate surface area is 130 Å². The molecule has 0 aliphatic heterocycles. The van der Waals surface area contributed by atoms with Crippen LogP contribution in [0.1, 0.15) is 15.9 Å². The maximum absolute atomic E-state index is 12.2. The Morgan fingerprint density at radius 2 is 2.15 bits per heavy atom. The van der Waals surface area contributed by atoms with Crippen LogP contribution < -0.4 is 10.1 Å². The third-order valence-electron chi connectivity index (χ3n) is 2.64. The molecule has 0 saturated heterocycles. The van der Waals surface area contributed by atoms with Crippen LogP contribution in [0.2, 0.25) is 5.15 Å². The second-order valence-electron chi connectivity index (χ2n) is 4.15. The first-order chi connectivity index (χ1) is 9.51. The van der Waals surface area contributed by atoms with Crippen LogP contribution in [-0.4, -0.2) is 18.0 Å². The maximum atomic E-state index is 12.2. The molecule has 1 aromatic heterocycles. The summed E-state index contributed by atoms with van der Waals surface area (Å²) in [6.07, 6.45) is 1.64. The molecule has 0 radical (unpaired) electrons. The summed E-state index contributed by atoms with van der Waals surface area (Å²) in [5.74, 6) is 0.402. The van der Waals surface area contributed by atoms with E-state index in [1.807, 2.05) is 6.92 Å². The summed E-state index contributed by atoms with van der Waals surface area (Å²) < 4.78 is 5.83. The Balaban J connectivity index is 2.24. The van der Waals surface area contributed by atoms with Gasteiger partial charge in [0.25, 0.3) is 5.91 Å². The zero-order chi connectivity index (χ0) is 14.7. The van der Waals surface area contributed by atoms with E-state index in [1.54, 1.807) is 37.6 Å². The molecule has 2 aromatic rings. The highest BCUT2D eigenvalue weighted by Gasteiger charge is 2.11. The van der Waals surface area contributed by atoms with Crippen molar-refractivity contribution >= 4 is 39.1 Å². The van der Waals surface area contributed by atoms with Crippen molar-refractivity contribution < 1.29 is 9.53 Å². The van der Waals surface area contributed by atoms with Crippen molar-refractivity contribution in [1.82, 2.24) is 4.98 Å². The monoisotopic (exact) mass is 354 g/mol. The molecule has 0 aliphatic carbocycles. The molecule has 0 atom stereocenters. The number of aromatic nitrogens is 1. The molecular formula is C14H12BrClN2O2. The van der Waals surface area contributed by atoms with Gasteiger partial charge in [0.15, 0.2) is 5.15 Å². The van der Waals surface area contributed by atoms with Gasteiger partial charge in [-0.1, -0.05) is 11.6 Å². The number of rotatable bonds is 3. The molecule has 20 heavy (non-hydrogen) atoms. The van der Waals surface area contributed by atoms with Crippen molar-refractivity contribution in [3.05, 3.63) is 51.2 Å². The van der Waals surface area contributed by atoms with Crippen molar-refractivity contribution in [2.45, 2.75) is 6.92 Å². The number of carbonyl (C=O) groups excluding carboxylic acids is 1. The Morgan fingerprint density at radius 3 is 2.80 bits per heavy atom. The summed E-state index contributed by atoms with van der Waals surface area (Å²) in [7, 11) is 1.57. The van der Waals surface area contributed by atoms with Gasteiger partial charge in [0, 0.05) is 11.8 Å². The molecule has 0 bridgehead atoms. The van der Waals surface area contributed by atoms with Gasteiger partial charge in [0.05, 0.1) is 17.3 Å². The van der Waals surface area contributed by atoms with Gasteiger partial charge in [0.2, 0.25) is 0 Å². The summed E-state index contributed by atoms with van der Waals surface area (Å²) in [6.45, 7) is 1.88. The summed E-state index contributed by atoms with van der Waals surface area (Å²) >= 11 is 9.30. The molecule has 0 fully saturated rings. The molecule has 1 amide bonds. The number of hydrogen-bond donors (Lipinski definition) is 1. The standard InChI is InChI=1S/C14H12BrClN2O2/c1-8-5-11(13(16)17-7-8)18-14(19)9-3-4-12(20-2)10(15)6-9/h3-7H,1-2H3,(H,18,19). The van der Waals surface area contributed by atoms with Gasteiger partial charge in [-0.25, -0.2) is 4.98 Å². The number of nitrogens with one attached hydrogen (secondary N) is 1. The van der Waals surface area contributed by atoms with E-state index >= 15 is 0 Å². The first-order valence-corrected chi connectivity index (χ1v) is 6.95. The fraction of sp³-hybridized carbons (Fsp3) is 0.143. The van der Waals surface area contributed by atoms with Gasteiger partial charge in [-0.15, -0.1) is 0 Å². The van der Waals surface area contributed by atoms with Gasteiger partial charge in [0.1, 0.15) is 5.75 Å². The van der Waals surface area contributed by atoms with Crippen molar-refractivity contribution in [1.29, 1.82) is 0 Å². The van der Waals surface area contributed by atoms with Gasteiger partial charge in [-0.05, 0) is 52.7 Å². The van der Waals surface area contributed by atoms with Crippen LogP contribution in [0.4, 0.5) is 5.69 Å². The summed E-state index contributed by atoms with van der Waals surface area (Å²) in [4.78, 5) is 16.2. The number of benzene rings is 1. The largest absolute Gasteiger partial charge is 0.496 e. The predicted molar refractivity (Wildman–Crippen MR) is 82.6 cm³/mol. The van der Waals surface area contributed by atoms with Gasteiger partial charge < -0.3 is 10.1 Å². The molecule has 0 aliphatic rings. The number of amides is 1. The summed E-state index contributed by atoms with van der Waals surface area (Å²) in [6, 6.07) is 6.85. The van der Waals surface area contributed by atoms with E-state index in [9.17, 15) is 4.79 Å². The molecule has 6 heteroatoms. The van der Waals surface area contributed by atoms with Gasteiger partial charge in [-0.2, -0.15) is 0 Å². The number of aryl methyl sites for hydroxylation is 1. The average Bonchev–Trinajstić information content (AvgIpc) is 2.42. The number of hydrogen-bond acceptors (Lipinski definition) is 3. The van der Waals surface area contributed by atoms with E-state index in [2.05, 4.69) is 26.2 Å². The van der Waals surface area contributed by atoms with Crippen molar-refractivity contribution in [3.63, 3.8) is 0 Å². The highest BCUT2D eigenvalue weighted by molar-refractivity contribution is 9.10. The molecule has 1 N–H and O–H groups in total. The minimum atomic E-state index is -0.261. The minimum Gasteiger partial charge on any atom is -0.496 e. The fourth-order valence-corrected chi connectivity index (χ4v) is 2.33. The number of anilines is 1. The van der Waals surface area contributed by atoms with E-state index in [0.717, 1.165) is 5.56 Å². The maximum Gasteiger partial charge on any atom is 0.255 e. The van der Waals surface area contributed by atoms with Gasteiger partial charge in [-0.3, -0.25) is 4.79 Å². The SMILES string of the molecule is COc1ccc(C(=O)Nc2cc(C)cnc2Cl)cc1Br. The van der Waals surface area contributed by atoms with Crippen LogP contribution in [0.3, 0.4) is 0 Å². The van der Waals surface area contributed by atoms with Crippen LogP contribution in [0.15, 0.2) is 34.9 Å². The topological polar surface area (TPSA) is 51.2 Å². The van der Waals surface area contributed by atoms with E-state index in [-0.39, 0.29) is 11.1 Å².